The number of hydrogen-bond acceptors (Lipinski definition) is 1. The van der Waals surface area contributed by atoms with E-state index in [9.17, 15) is 4.39 Å². The highest BCUT2D eigenvalue weighted by Crippen LogP contribution is 2.26. The standard InChI is InChI=1S/C16H13ClFIN2/c1-10-2-4-14(12(18)8-10)21-15-5-3-11(19)9-13(15)20-16(21)6-7-17/h2-5,8-9H,6-7H2,1H3. The van der Waals surface area contributed by atoms with Crippen LogP contribution in [0.2, 0.25) is 0 Å². The Hall–Kier alpha value is -1.14. The summed E-state index contributed by atoms with van der Waals surface area (Å²) in [5, 5.41) is 0. The molecule has 0 fully saturated rings. The number of imidazole rings is 1. The fourth-order valence-corrected chi connectivity index (χ4v) is 3.06. The maximum absolute atomic E-state index is 14.4. The molecule has 0 aliphatic heterocycles. The second-order valence-electron chi connectivity index (χ2n) is 4.89. The van der Waals surface area contributed by atoms with Crippen LogP contribution in [0.25, 0.3) is 16.7 Å². The second-order valence-corrected chi connectivity index (χ2v) is 6.51. The molecule has 0 spiro atoms. The molecule has 108 valence electrons. The van der Waals surface area contributed by atoms with Crippen LogP contribution in [-0.2, 0) is 6.42 Å². The summed E-state index contributed by atoms with van der Waals surface area (Å²) in [6.45, 7) is 1.88. The van der Waals surface area contributed by atoms with E-state index in [-0.39, 0.29) is 5.82 Å². The summed E-state index contributed by atoms with van der Waals surface area (Å²) in [6.07, 6.45) is 0.597. The lowest BCUT2D eigenvalue weighted by Crippen LogP contribution is -2.04. The first-order chi connectivity index (χ1) is 10.1. The molecule has 0 unspecified atom stereocenters. The van der Waals surface area contributed by atoms with Gasteiger partial charge in [-0.2, -0.15) is 0 Å². The van der Waals surface area contributed by atoms with Crippen LogP contribution in [0, 0.1) is 16.3 Å². The van der Waals surface area contributed by atoms with Crippen molar-refractivity contribution in [3.05, 3.63) is 57.2 Å². The molecule has 1 aromatic heterocycles. The van der Waals surface area contributed by atoms with E-state index in [4.69, 9.17) is 11.6 Å². The Balaban J connectivity index is 2.30. The van der Waals surface area contributed by atoms with Crippen LogP contribution in [0.3, 0.4) is 0 Å². The molecule has 0 saturated carbocycles. The second kappa shape index (κ2) is 5.93. The Kier molecular flexibility index (Phi) is 4.17. The van der Waals surface area contributed by atoms with Gasteiger partial charge in [-0.05, 0) is 65.4 Å². The number of alkyl halides is 1. The lowest BCUT2D eigenvalue weighted by atomic mass is 10.2. The van der Waals surface area contributed by atoms with Crippen molar-refractivity contribution in [1.29, 1.82) is 0 Å². The fraction of sp³-hybridized carbons (Fsp3) is 0.188. The third-order valence-electron chi connectivity index (χ3n) is 3.35. The van der Waals surface area contributed by atoms with Crippen molar-refractivity contribution in [3.8, 4) is 5.69 Å². The van der Waals surface area contributed by atoms with Crippen LogP contribution in [0.5, 0.6) is 0 Å². The van der Waals surface area contributed by atoms with E-state index >= 15 is 0 Å². The Labute approximate surface area is 141 Å². The number of benzene rings is 2. The molecule has 0 radical (unpaired) electrons. The predicted octanol–water partition coefficient (Wildman–Crippen LogP) is 4.86. The summed E-state index contributed by atoms with van der Waals surface area (Å²) in [7, 11) is 0. The Morgan fingerprint density at radius 1 is 1.24 bits per heavy atom. The largest absolute Gasteiger partial charge is 0.293 e. The van der Waals surface area contributed by atoms with Gasteiger partial charge in [0.05, 0.1) is 16.7 Å². The van der Waals surface area contributed by atoms with Crippen molar-refractivity contribution >= 4 is 45.2 Å². The van der Waals surface area contributed by atoms with Gasteiger partial charge in [0.1, 0.15) is 11.6 Å². The van der Waals surface area contributed by atoms with Gasteiger partial charge < -0.3 is 0 Å². The van der Waals surface area contributed by atoms with Gasteiger partial charge in [-0.1, -0.05) is 6.07 Å². The minimum absolute atomic E-state index is 0.247. The molecule has 0 N–H and O–H groups in total. The van der Waals surface area contributed by atoms with E-state index in [0.29, 0.717) is 18.0 Å². The van der Waals surface area contributed by atoms with E-state index in [1.807, 2.05) is 35.8 Å². The highest BCUT2D eigenvalue weighted by atomic mass is 127. The maximum atomic E-state index is 14.4. The summed E-state index contributed by atoms with van der Waals surface area (Å²) < 4.78 is 17.3. The first-order valence-electron chi connectivity index (χ1n) is 6.59. The smallest absolute Gasteiger partial charge is 0.147 e. The van der Waals surface area contributed by atoms with Crippen molar-refractivity contribution < 1.29 is 4.39 Å². The van der Waals surface area contributed by atoms with E-state index < -0.39 is 0 Å². The Morgan fingerprint density at radius 2 is 2.05 bits per heavy atom. The molecule has 0 amide bonds. The molecule has 2 nitrogen and oxygen atoms in total. The van der Waals surface area contributed by atoms with E-state index in [0.717, 1.165) is 26.0 Å². The van der Waals surface area contributed by atoms with E-state index in [1.54, 1.807) is 12.1 Å². The minimum atomic E-state index is -0.247. The van der Waals surface area contributed by atoms with Crippen molar-refractivity contribution in [3.63, 3.8) is 0 Å². The van der Waals surface area contributed by atoms with Crippen LogP contribution < -0.4 is 0 Å². The molecule has 0 saturated heterocycles. The number of nitrogens with zero attached hydrogens (tertiary/aromatic N) is 2. The first-order valence-corrected chi connectivity index (χ1v) is 8.21. The molecule has 3 aromatic rings. The topological polar surface area (TPSA) is 17.8 Å². The van der Waals surface area contributed by atoms with Crippen LogP contribution in [-0.4, -0.2) is 15.4 Å². The van der Waals surface area contributed by atoms with Crippen molar-refractivity contribution in [2.45, 2.75) is 13.3 Å². The van der Waals surface area contributed by atoms with Crippen LogP contribution in [0.15, 0.2) is 36.4 Å². The van der Waals surface area contributed by atoms with Gasteiger partial charge in [-0.15, -0.1) is 11.6 Å². The molecular weight excluding hydrogens is 402 g/mol. The Bertz CT molecular complexity index is 813. The van der Waals surface area contributed by atoms with Gasteiger partial charge in [0.25, 0.3) is 0 Å². The third-order valence-corrected chi connectivity index (χ3v) is 4.21. The molecule has 0 aliphatic carbocycles. The average Bonchev–Trinajstić information content (AvgIpc) is 2.76. The maximum Gasteiger partial charge on any atom is 0.147 e. The van der Waals surface area contributed by atoms with Crippen molar-refractivity contribution in [2.24, 2.45) is 0 Å². The predicted molar refractivity (Wildman–Crippen MR) is 92.9 cm³/mol. The van der Waals surface area contributed by atoms with Gasteiger partial charge in [-0.25, -0.2) is 9.37 Å². The highest BCUT2D eigenvalue weighted by Gasteiger charge is 2.15. The SMILES string of the molecule is Cc1ccc(-n2c(CCCl)nc3cc(I)ccc32)c(F)c1. The van der Waals surface area contributed by atoms with Crippen LogP contribution in [0.1, 0.15) is 11.4 Å². The summed E-state index contributed by atoms with van der Waals surface area (Å²) in [5.74, 6) is 0.988. The molecular formula is C16H13ClFIN2. The lowest BCUT2D eigenvalue weighted by molar-refractivity contribution is 0.616. The molecule has 1 heterocycles. The number of aromatic nitrogens is 2. The van der Waals surface area contributed by atoms with Gasteiger partial charge in [-0.3, -0.25) is 4.57 Å². The van der Waals surface area contributed by atoms with Gasteiger partial charge in [0.2, 0.25) is 0 Å². The summed E-state index contributed by atoms with van der Waals surface area (Å²) in [6, 6.07) is 11.2. The normalized spacial score (nSPS) is 11.2. The molecule has 2 aromatic carbocycles. The molecule has 21 heavy (non-hydrogen) atoms. The summed E-state index contributed by atoms with van der Waals surface area (Å²) >= 11 is 8.12. The third kappa shape index (κ3) is 2.79. The van der Waals surface area contributed by atoms with Crippen LogP contribution in [0.4, 0.5) is 4.39 Å². The van der Waals surface area contributed by atoms with E-state index in [2.05, 4.69) is 27.6 Å². The molecule has 0 aliphatic rings. The van der Waals surface area contributed by atoms with E-state index in [1.165, 1.54) is 0 Å². The highest BCUT2D eigenvalue weighted by molar-refractivity contribution is 14.1. The number of aryl methyl sites for hydroxylation is 2. The zero-order chi connectivity index (χ0) is 15.0. The number of hydrogen-bond donors (Lipinski definition) is 0. The fourth-order valence-electron chi connectivity index (χ4n) is 2.42. The average molecular weight is 415 g/mol. The summed E-state index contributed by atoms with van der Waals surface area (Å²) in [4.78, 5) is 4.61. The number of fused-ring (bicyclic) bond motifs is 1. The van der Waals surface area contributed by atoms with Crippen LogP contribution >= 0.6 is 34.2 Å². The minimum Gasteiger partial charge on any atom is -0.293 e. The van der Waals surface area contributed by atoms with Gasteiger partial charge >= 0.3 is 0 Å². The van der Waals surface area contributed by atoms with Crippen molar-refractivity contribution in [1.82, 2.24) is 9.55 Å². The van der Waals surface area contributed by atoms with Gasteiger partial charge in [0.15, 0.2) is 0 Å². The molecule has 0 bridgehead atoms. The quantitative estimate of drug-likeness (QED) is 0.442. The Morgan fingerprint density at radius 3 is 2.76 bits per heavy atom. The molecule has 5 heteroatoms. The first kappa shape index (κ1) is 14.8. The molecule has 0 atom stereocenters. The summed E-state index contributed by atoms with van der Waals surface area (Å²) in [5.41, 5.74) is 3.18. The van der Waals surface area contributed by atoms with Crippen molar-refractivity contribution in [2.75, 3.05) is 5.88 Å². The zero-order valence-electron chi connectivity index (χ0n) is 11.4. The monoisotopic (exact) mass is 414 g/mol. The lowest BCUT2D eigenvalue weighted by Gasteiger charge is -2.10. The van der Waals surface area contributed by atoms with Gasteiger partial charge in [0, 0.05) is 15.9 Å². The number of halogens is 3. The number of rotatable bonds is 3. The zero-order valence-corrected chi connectivity index (χ0v) is 14.3. The molecule has 3 rings (SSSR count).